The third-order valence-electron chi connectivity index (χ3n) is 0.425. The fourth-order valence-electron chi connectivity index (χ4n) is 0.227. The van der Waals surface area contributed by atoms with Gasteiger partial charge in [0, 0.05) is 10.4 Å². The number of hydrogen-bond donors (Lipinski definition) is 0. The Labute approximate surface area is 120 Å². The van der Waals surface area contributed by atoms with Crippen molar-refractivity contribution in [2.24, 2.45) is 0 Å². The summed E-state index contributed by atoms with van der Waals surface area (Å²) in [5.74, 6) is 0. The van der Waals surface area contributed by atoms with Crippen LogP contribution < -0.4 is 59.1 Å². The zero-order valence-corrected chi connectivity index (χ0v) is 12.4. The second kappa shape index (κ2) is 10.6. The summed E-state index contributed by atoms with van der Waals surface area (Å²) in [6.07, 6.45) is 0. The summed E-state index contributed by atoms with van der Waals surface area (Å²) in [4.78, 5) is 0. The van der Waals surface area contributed by atoms with Crippen LogP contribution in [0.1, 0.15) is 0 Å². The van der Waals surface area contributed by atoms with Gasteiger partial charge in [-0.15, -0.1) is 0 Å². The van der Waals surface area contributed by atoms with Crippen LogP contribution in [-0.2, 0) is 10.4 Å². The van der Waals surface area contributed by atoms with Crippen LogP contribution in [0.5, 0.6) is 0 Å². The van der Waals surface area contributed by atoms with Crippen LogP contribution in [0.2, 0.25) is 0 Å². The molecular formula is C4H4Na2O4S2. The molecule has 0 amide bonds. The first-order valence-electron chi connectivity index (χ1n) is 2.14. The maximum atomic E-state index is 8.52. The molecule has 0 atom stereocenters. The molecule has 1 rings (SSSR count). The van der Waals surface area contributed by atoms with Crippen LogP contribution in [0.4, 0.5) is 0 Å². The van der Waals surface area contributed by atoms with Gasteiger partial charge in [0.2, 0.25) is 0 Å². The summed E-state index contributed by atoms with van der Waals surface area (Å²) in [6.45, 7) is 0. The van der Waals surface area contributed by atoms with Crippen LogP contribution in [0.3, 0.4) is 0 Å². The van der Waals surface area contributed by atoms with E-state index < -0.39 is 10.4 Å². The van der Waals surface area contributed by atoms with Gasteiger partial charge in [0.25, 0.3) is 0 Å². The molecule has 1 aromatic rings. The second-order valence-corrected chi connectivity index (χ2v) is 2.83. The summed E-state index contributed by atoms with van der Waals surface area (Å²) in [6, 6.07) is 4.04. The van der Waals surface area contributed by atoms with Crippen molar-refractivity contribution in [3.05, 3.63) is 22.9 Å². The fourth-order valence-corrected chi connectivity index (χ4v) is 0.680. The molecule has 0 aliphatic heterocycles. The SMILES string of the molecule is O=S(=O)([O-])[O-].[Na+].[Na+].c1ccsc1. The number of rotatable bonds is 0. The van der Waals surface area contributed by atoms with Crippen LogP contribution in [0.25, 0.3) is 0 Å². The molecule has 0 aliphatic carbocycles. The fraction of sp³-hybridized carbons (Fsp3) is 0. The zero-order valence-electron chi connectivity index (χ0n) is 6.76. The van der Waals surface area contributed by atoms with E-state index in [1.165, 1.54) is 0 Å². The molecule has 0 radical (unpaired) electrons. The van der Waals surface area contributed by atoms with Crippen molar-refractivity contribution in [2.75, 3.05) is 0 Å². The van der Waals surface area contributed by atoms with Gasteiger partial charge in [-0.3, -0.25) is 8.42 Å². The maximum Gasteiger partial charge on any atom is 1.00 e. The smallest absolute Gasteiger partial charge is 0.759 e. The molecule has 58 valence electrons. The van der Waals surface area contributed by atoms with E-state index in [-0.39, 0.29) is 59.1 Å². The topological polar surface area (TPSA) is 80.3 Å². The van der Waals surface area contributed by atoms with E-state index in [0.717, 1.165) is 0 Å². The Morgan fingerprint density at radius 1 is 1.00 bits per heavy atom. The predicted octanol–water partition coefficient (Wildman–Crippen LogP) is -5.58. The number of thiophene rings is 1. The molecule has 0 fully saturated rings. The monoisotopic (exact) mass is 226 g/mol. The molecule has 1 heterocycles. The molecular weight excluding hydrogens is 222 g/mol. The predicted molar refractivity (Wildman–Crippen MR) is 34.8 cm³/mol. The van der Waals surface area contributed by atoms with Crippen LogP contribution in [0, 0.1) is 0 Å². The first kappa shape index (κ1) is 19.2. The molecule has 0 aromatic carbocycles. The third kappa shape index (κ3) is 29.9. The van der Waals surface area contributed by atoms with Crippen molar-refractivity contribution in [3.63, 3.8) is 0 Å². The van der Waals surface area contributed by atoms with E-state index in [1.54, 1.807) is 11.3 Å². The molecule has 4 nitrogen and oxygen atoms in total. The van der Waals surface area contributed by atoms with Crippen LogP contribution >= 0.6 is 11.3 Å². The van der Waals surface area contributed by atoms with Gasteiger partial charge < -0.3 is 9.11 Å². The Hall–Kier alpha value is 1.57. The molecule has 0 spiro atoms. The van der Waals surface area contributed by atoms with E-state index in [2.05, 4.69) is 0 Å². The first-order valence-corrected chi connectivity index (χ1v) is 4.41. The van der Waals surface area contributed by atoms with E-state index in [1.807, 2.05) is 22.9 Å². The van der Waals surface area contributed by atoms with Crippen molar-refractivity contribution >= 4 is 21.7 Å². The Morgan fingerprint density at radius 2 is 1.25 bits per heavy atom. The quantitative estimate of drug-likeness (QED) is 0.251. The van der Waals surface area contributed by atoms with Crippen molar-refractivity contribution in [1.29, 1.82) is 0 Å². The normalized spacial score (nSPS) is 8.17. The van der Waals surface area contributed by atoms with E-state index in [9.17, 15) is 0 Å². The maximum absolute atomic E-state index is 8.52. The average molecular weight is 226 g/mol. The zero-order chi connectivity index (χ0) is 8.04. The Kier molecular flexibility index (Phi) is 17.0. The minimum Gasteiger partial charge on any atom is -0.759 e. The molecule has 0 aliphatic rings. The van der Waals surface area contributed by atoms with Gasteiger partial charge in [-0.1, -0.05) is 12.1 Å². The number of hydrogen-bond acceptors (Lipinski definition) is 5. The van der Waals surface area contributed by atoms with Crippen molar-refractivity contribution in [1.82, 2.24) is 0 Å². The minimum atomic E-state index is -5.17. The average Bonchev–Trinajstić information content (AvgIpc) is 2.07. The van der Waals surface area contributed by atoms with Gasteiger partial charge in [0.1, 0.15) is 0 Å². The second-order valence-electron chi connectivity index (χ2n) is 1.20. The summed E-state index contributed by atoms with van der Waals surface area (Å²) >= 11 is 1.71. The Balaban J connectivity index is -0.000000116. The molecule has 0 bridgehead atoms. The van der Waals surface area contributed by atoms with Crippen LogP contribution in [0.15, 0.2) is 22.9 Å². The molecule has 0 N–H and O–H groups in total. The summed E-state index contributed by atoms with van der Waals surface area (Å²) in [7, 11) is -5.17. The van der Waals surface area contributed by atoms with Crippen LogP contribution in [-0.4, -0.2) is 17.5 Å². The molecule has 8 heteroatoms. The summed E-state index contributed by atoms with van der Waals surface area (Å²) in [5.41, 5.74) is 0. The minimum absolute atomic E-state index is 0. The van der Waals surface area contributed by atoms with Crippen molar-refractivity contribution in [2.45, 2.75) is 0 Å². The molecule has 0 saturated carbocycles. The molecule has 12 heavy (non-hydrogen) atoms. The van der Waals surface area contributed by atoms with Gasteiger partial charge >= 0.3 is 59.1 Å². The largest absolute Gasteiger partial charge is 1.00 e. The Bertz CT molecular complexity index is 219. The Morgan fingerprint density at radius 3 is 1.33 bits per heavy atom. The third-order valence-corrected chi connectivity index (χ3v) is 1.05. The summed E-state index contributed by atoms with van der Waals surface area (Å²) < 4.78 is 34.1. The van der Waals surface area contributed by atoms with Gasteiger partial charge in [-0.25, -0.2) is 0 Å². The molecule has 1 aromatic heterocycles. The first-order chi connectivity index (χ1) is 4.50. The van der Waals surface area contributed by atoms with Crippen molar-refractivity contribution < 1.29 is 76.6 Å². The van der Waals surface area contributed by atoms with Crippen molar-refractivity contribution in [3.8, 4) is 0 Å². The van der Waals surface area contributed by atoms with E-state index in [0.29, 0.717) is 0 Å². The molecule has 0 saturated heterocycles. The van der Waals surface area contributed by atoms with Gasteiger partial charge in [0.05, 0.1) is 0 Å². The van der Waals surface area contributed by atoms with Gasteiger partial charge in [-0.05, 0) is 10.8 Å². The van der Waals surface area contributed by atoms with E-state index in [4.69, 9.17) is 17.5 Å². The standard InChI is InChI=1S/C4H4S.2Na.H2O4S/c1-2-4-5-3-1;;;1-5(2,3)4/h1-4H;;;(H2,1,2,3,4)/q;2*+1;/p-2. The summed E-state index contributed by atoms with van der Waals surface area (Å²) in [5, 5.41) is 4.08. The van der Waals surface area contributed by atoms with Gasteiger partial charge in [-0.2, -0.15) is 11.3 Å². The van der Waals surface area contributed by atoms with Gasteiger partial charge in [0.15, 0.2) is 0 Å². The van der Waals surface area contributed by atoms with E-state index >= 15 is 0 Å². The molecule has 0 unspecified atom stereocenters.